The topological polar surface area (TPSA) is 0 Å². The monoisotopic (exact) mass is 732 g/mol. The fraction of sp³-hybridized carbons (Fsp3) is 0.442. The maximum atomic E-state index is 3.53. The molecule has 0 nitrogen and oxygen atoms in total. The van der Waals surface area contributed by atoms with E-state index in [4.69, 9.17) is 0 Å². The van der Waals surface area contributed by atoms with Crippen molar-refractivity contribution in [2.24, 2.45) is 0 Å². The molecule has 4 aromatic rings. The molecule has 1 aliphatic rings. The number of hydrogen-bond acceptors (Lipinski definition) is 0. The first-order valence-electron chi connectivity index (χ1n) is 16.6. The molecule has 0 fully saturated rings. The minimum absolute atomic E-state index is 0. The van der Waals surface area contributed by atoms with Crippen molar-refractivity contribution in [1.29, 1.82) is 0 Å². The summed E-state index contributed by atoms with van der Waals surface area (Å²) < 4.78 is 1.55. The van der Waals surface area contributed by atoms with Crippen LogP contribution in [0, 0.1) is 6.07 Å². The van der Waals surface area contributed by atoms with E-state index in [1.165, 1.54) is 86.3 Å². The van der Waals surface area contributed by atoms with Gasteiger partial charge in [-0.25, -0.2) is 6.07 Å². The van der Waals surface area contributed by atoms with Gasteiger partial charge in [0.05, 0.1) is 0 Å². The summed E-state index contributed by atoms with van der Waals surface area (Å²) in [7, 11) is 0. The first kappa shape index (κ1) is 42.4. The fourth-order valence-corrected chi connectivity index (χ4v) is 6.05. The van der Waals surface area contributed by atoms with Crippen molar-refractivity contribution in [3.8, 4) is 11.1 Å². The van der Waals surface area contributed by atoms with Gasteiger partial charge in [-0.3, -0.25) is 0 Å². The Morgan fingerprint density at radius 1 is 0.717 bits per heavy atom. The zero-order valence-electron chi connectivity index (χ0n) is 30.5. The Kier molecular flexibility index (Phi) is 16.3. The van der Waals surface area contributed by atoms with Crippen molar-refractivity contribution in [2.45, 2.75) is 125 Å². The summed E-state index contributed by atoms with van der Waals surface area (Å²) in [6.07, 6.45) is 4.53. The number of aryl methyl sites for hydroxylation is 2. The Bertz CT molecular complexity index is 1480. The van der Waals surface area contributed by atoms with Gasteiger partial charge in [-0.1, -0.05) is 129 Å². The largest absolute Gasteiger partial charge is 1.00 e. The predicted molar refractivity (Wildman–Crippen MR) is 191 cm³/mol. The SMILES string of the molecule is CC(C)(C)c1c[c-]c2c(c1)-c1cc(C(C)(C)C)ccc1C2.CC[C](=[Zr+2])c1ccccc1.CCc1cc(C(C)(C)C)c(CC)[cH-]1.[Cl-].[Cl-]. The molecule has 0 radical (unpaired) electrons. The predicted octanol–water partition coefficient (Wildman–Crippen LogP) is 5.65. The molecule has 1 aliphatic carbocycles. The molecule has 0 saturated carbocycles. The van der Waals surface area contributed by atoms with Crippen LogP contribution in [0.3, 0.4) is 0 Å². The molecule has 0 aliphatic heterocycles. The fourth-order valence-electron chi connectivity index (χ4n) is 5.64. The number of benzene rings is 3. The number of fused-ring (bicyclic) bond motifs is 3. The smallest absolute Gasteiger partial charge is 0.0540 e. The van der Waals surface area contributed by atoms with Gasteiger partial charge in [-0.05, 0) is 17.4 Å². The summed E-state index contributed by atoms with van der Waals surface area (Å²) in [4.78, 5) is 0. The van der Waals surface area contributed by atoms with E-state index < -0.39 is 0 Å². The molecule has 0 heterocycles. The quantitative estimate of drug-likeness (QED) is 0.210. The van der Waals surface area contributed by atoms with Crippen LogP contribution < -0.4 is 24.8 Å². The average Bonchev–Trinajstić information content (AvgIpc) is 3.58. The van der Waals surface area contributed by atoms with Crippen molar-refractivity contribution in [2.75, 3.05) is 0 Å². The summed E-state index contributed by atoms with van der Waals surface area (Å²) in [5.74, 6) is 0. The van der Waals surface area contributed by atoms with Crippen LogP contribution >= 0.6 is 0 Å². The van der Waals surface area contributed by atoms with Crippen LogP contribution in [-0.2, 0) is 59.7 Å². The van der Waals surface area contributed by atoms with Gasteiger partial charge >= 0.3 is 76.7 Å². The van der Waals surface area contributed by atoms with Gasteiger partial charge in [-0.15, -0.1) is 5.56 Å². The number of hydrogen-bond donors (Lipinski definition) is 0. The number of rotatable bonds is 4. The van der Waals surface area contributed by atoms with Crippen LogP contribution in [-0.4, -0.2) is 3.21 Å². The molecule has 0 atom stereocenters. The molecule has 0 saturated heterocycles. The van der Waals surface area contributed by atoms with Crippen molar-refractivity contribution in [3.05, 3.63) is 123 Å². The van der Waals surface area contributed by atoms with Gasteiger partial charge in [0.2, 0.25) is 0 Å². The van der Waals surface area contributed by atoms with Crippen molar-refractivity contribution < 1.29 is 49.0 Å². The molecular formula is C43H56Cl2Zr-2. The number of halogens is 2. The van der Waals surface area contributed by atoms with E-state index in [1.54, 1.807) is 3.21 Å². The Hall–Kier alpha value is -1.66. The molecule has 0 spiro atoms. The van der Waals surface area contributed by atoms with Crippen LogP contribution in [0.25, 0.3) is 11.1 Å². The minimum atomic E-state index is 0. The Labute approximate surface area is 309 Å². The summed E-state index contributed by atoms with van der Waals surface area (Å²) >= 11 is 1.54. The van der Waals surface area contributed by atoms with Crippen LogP contribution in [0.2, 0.25) is 0 Å². The van der Waals surface area contributed by atoms with Crippen LogP contribution in [0.4, 0.5) is 0 Å². The van der Waals surface area contributed by atoms with Gasteiger partial charge in [0.25, 0.3) is 0 Å². The van der Waals surface area contributed by atoms with Gasteiger partial charge in [0.1, 0.15) is 0 Å². The Morgan fingerprint density at radius 2 is 1.30 bits per heavy atom. The molecule has 0 amide bonds. The summed E-state index contributed by atoms with van der Waals surface area (Å²) in [6, 6.07) is 30.4. The van der Waals surface area contributed by atoms with E-state index in [-0.39, 0.29) is 35.6 Å². The summed E-state index contributed by atoms with van der Waals surface area (Å²) in [5, 5.41) is 0. The van der Waals surface area contributed by atoms with Gasteiger partial charge in [0, 0.05) is 0 Å². The van der Waals surface area contributed by atoms with Crippen LogP contribution in [0.1, 0.15) is 134 Å². The zero-order chi connectivity index (χ0) is 32.9. The molecule has 0 N–H and O–H groups in total. The van der Waals surface area contributed by atoms with E-state index in [1.807, 2.05) is 0 Å². The van der Waals surface area contributed by atoms with E-state index in [0.29, 0.717) is 5.41 Å². The van der Waals surface area contributed by atoms with Gasteiger partial charge in [-0.2, -0.15) is 52.1 Å². The molecule has 46 heavy (non-hydrogen) atoms. The molecule has 0 bridgehead atoms. The van der Waals surface area contributed by atoms with Crippen molar-refractivity contribution >= 4 is 3.21 Å². The maximum absolute atomic E-state index is 3.53. The third-order valence-electron chi connectivity index (χ3n) is 8.63. The van der Waals surface area contributed by atoms with E-state index in [2.05, 4.69) is 162 Å². The second-order valence-corrected chi connectivity index (χ2v) is 16.8. The second-order valence-electron chi connectivity index (χ2n) is 15.3. The first-order valence-corrected chi connectivity index (χ1v) is 17.8. The van der Waals surface area contributed by atoms with E-state index in [9.17, 15) is 0 Å². The Morgan fingerprint density at radius 3 is 1.78 bits per heavy atom. The standard InChI is InChI=1S/C21H25.C13H21.C9H10.2ClH.Zr/c1-20(2,3)16-9-7-14-11-15-8-10-17(21(4,5)6)13-19(15)18(14)12-16;1-6-10-8-11(7-2)12(9-10)13(3,4)5;1-2-6-9-7-4-3-5-8-9;;;/h7,9-10,12-13H,11H2,1-6H3;8-9H,6-7H2,1-5H3;3-5,7-8H,2H2,1H3;2*1H;/q2*-1;;;;+2/p-2. The molecule has 5 rings (SSSR count). The maximum Gasteiger partial charge on any atom is -0.0540 e. The van der Waals surface area contributed by atoms with Crippen molar-refractivity contribution in [3.63, 3.8) is 0 Å². The molecular weight excluding hydrogens is 679 g/mol. The third kappa shape index (κ3) is 11.2. The Balaban J connectivity index is 0.000000366. The van der Waals surface area contributed by atoms with Crippen LogP contribution in [0.15, 0.2) is 72.8 Å². The molecule has 3 heteroatoms. The molecule has 0 aromatic heterocycles. The average molecular weight is 735 g/mol. The summed E-state index contributed by atoms with van der Waals surface area (Å²) in [5.41, 5.74) is 15.0. The van der Waals surface area contributed by atoms with Gasteiger partial charge in [0.15, 0.2) is 0 Å². The molecule has 4 aromatic carbocycles. The zero-order valence-corrected chi connectivity index (χ0v) is 34.5. The van der Waals surface area contributed by atoms with Gasteiger partial charge < -0.3 is 24.8 Å². The first-order chi connectivity index (χ1) is 20.5. The molecule has 0 unspecified atom stereocenters. The minimum Gasteiger partial charge on any atom is -1.00 e. The van der Waals surface area contributed by atoms with Crippen LogP contribution in [0.5, 0.6) is 0 Å². The molecule has 248 valence electrons. The van der Waals surface area contributed by atoms with E-state index in [0.717, 1.165) is 19.3 Å². The second kappa shape index (κ2) is 17.7. The summed E-state index contributed by atoms with van der Waals surface area (Å²) in [6.45, 7) is 27.2. The normalized spacial score (nSPS) is 11.9. The van der Waals surface area contributed by atoms with E-state index >= 15 is 0 Å². The third-order valence-corrected chi connectivity index (χ3v) is 10.2. The van der Waals surface area contributed by atoms with Crippen molar-refractivity contribution in [1.82, 2.24) is 0 Å².